The molecule has 0 aliphatic heterocycles. The summed E-state index contributed by atoms with van der Waals surface area (Å²) in [5, 5.41) is 0. The van der Waals surface area contributed by atoms with Crippen molar-refractivity contribution in [1.82, 2.24) is 0 Å². The highest BCUT2D eigenvalue weighted by Crippen LogP contribution is 2.34. The summed E-state index contributed by atoms with van der Waals surface area (Å²) in [5.74, 6) is 2.48. The van der Waals surface area contributed by atoms with Gasteiger partial charge in [0.2, 0.25) is 0 Å². The molecule has 0 saturated heterocycles. The zero-order valence-corrected chi connectivity index (χ0v) is 9.32. The van der Waals surface area contributed by atoms with Gasteiger partial charge in [0.25, 0.3) is 0 Å². The van der Waals surface area contributed by atoms with E-state index < -0.39 is 0 Å². The summed E-state index contributed by atoms with van der Waals surface area (Å²) < 4.78 is 10.5. The molecule has 1 saturated carbocycles. The Morgan fingerprint density at radius 1 is 1.20 bits per heavy atom. The Labute approximate surface area is 91.2 Å². The van der Waals surface area contributed by atoms with Crippen molar-refractivity contribution in [2.24, 2.45) is 5.92 Å². The second-order valence-corrected chi connectivity index (χ2v) is 3.97. The minimum Gasteiger partial charge on any atom is -0.493 e. The van der Waals surface area contributed by atoms with Crippen LogP contribution in [0, 0.1) is 12.3 Å². The number of methoxy groups -OCH3 is 2. The first-order valence-corrected chi connectivity index (χ1v) is 5.37. The lowest BCUT2D eigenvalue weighted by Gasteiger charge is -2.09. The van der Waals surface area contributed by atoms with Crippen LogP contribution in [0.3, 0.4) is 0 Å². The maximum absolute atomic E-state index is 5.26. The Bertz CT molecular complexity index is 329. The topological polar surface area (TPSA) is 18.5 Å². The van der Waals surface area contributed by atoms with E-state index >= 15 is 0 Å². The summed E-state index contributed by atoms with van der Waals surface area (Å²) in [5.41, 5.74) is 1.29. The molecule has 0 aromatic heterocycles. The minimum absolute atomic E-state index is 0.799. The van der Waals surface area contributed by atoms with E-state index in [1.165, 1.54) is 18.4 Å². The average Bonchev–Trinajstić information content (AvgIpc) is 3.09. The van der Waals surface area contributed by atoms with Crippen LogP contribution in [-0.4, -0.2) is 14.2 Å². The van der Waals surface area contributed by atoms with Gasteiger partial charge in [0.05, 0.1) is 14.2 Å². The predicted molar refractivity (Wildman–Crippen MR) is 60.3 cm³/mol. The molecular weight excluding hydrogens is 188 g/mol. The molecule has 0 unspecified atom stereocenters. The third kappa shape index (κ3) is 2.65. The lowest BCUT2D eigenvalue weighted by Crippen LogP contribution is -1.93. The van der Waals surface area contributed by atoms with Crippen LogP contribution >= 0.6 is 0 Å². The quantitative estimate of drug-likeness (QED) is 0.736. The summed E-state index contributed by atoms with van der Waals surface area (Å²) in [6.07, 6.45) is 6.16. The van der Waals surface area contributed by atoms with Gasteiger partial charge in [0, 0.05) is 0 Å². The van der Waals surface area contributed by atoms with Crippen molar-refractivity contribution in [2.45, 2.75) is 19.3 Å². The Hall–Kier alpha value is -1.18. The predicted octanol–water partition coefficient (Wildman–Crippen LogP) is 2.86. The van der Waals surface area contributed by atoms with Crippen LogP contribution in [0.5, 0.6) is 11.5 Å². The normalized spacial score (nSPS) is 15.1. The molecule has 1 aliphatic carbocycles. The summed E-state index contributed by atoms with van der Waals surface area (Å²) in [7, 11) is 3.33. The third-order valence-electron chi connectivity index (χ3n) is 2.76. The van der Waals surface area contributed by atoms with Gasteiger partial charge in [-0.15, -0.1) is 0 Å². The fourth-order valence-electron chi connectivity index (χ4n) is 1.64. The van der Waals surface area contributed by atoms with E-state index in [0.717, 1.165) is 23.8 Å². The first-order valence-electron chi connectivity index (χ1n) is 5.37. The van der Waals surface area contributed by atoms with E-state index in [1.54, 1.807) is 14.2 Å². The van der Waals surface area contributed by atoms with Crippen LogP contribution in [0.4, 0.5) is 0 Å². The van der Waals surface area contributed by atoms with Crippen molar-refractivity contribution in [3.63, 3.8) is 0 Å². The molecule has 2 heteroatoms. The Kier molecular flexibility index (Phi) is 3.14. The van der Waals surface area contributed by atoms with Gasteiger partial charge in [0.15, 0.2) is 11.5 Å². The van der Waals surface area contributed by atoms with Crippen molar-refractivity contribution in [3.8, 4) is 11.5 Å². The zero-order chi connectivity index (χ0) is 10.7. The van der Waals surface area contributed by atoms with Crippen LogP contribution in [0.1, 0.15) is 18.4 Å². The van der Waals surface area contributed by atoms with Gasteiger partial charge < -0.3 is 9.47 Å². The lowest BCUT2D eigenvalue weighted by molar-refractivity contribution is 0.354. The molecule has 0 amide bonds. The van der Waals surface area contributed by atoms with Crippen LogP contribution in [0.15, 0.2) is 18.2 Å². The van der Waals surface area contributed by atoms with E-state index in [0.29, 0.717) is 0 Å². The number of benzene rings is 1. The number of ether oxygens (including phenoxy) is 2. The van der Waals surface area contributed by atoms with E-state index in [4.69, 9.17) is 9.47 Å². The molecule has 15 heavy (non-hydrogen) atoms. The summed E-state index contributed by atoms with van der Waals surface area (Å²) in [6, 6.07) is 6.12. The Balaban J connectivity index is 2.03. The highest BCUT2D eigenvalue weighted by molar-refractivity contribution is 5.43. The molecule has 1 fully saturated rings. The van der Waals surface area contributed by atoms with Gasteiger partial charge in [-0.05, 0) is 49.3 Å². The molecule has 0 heterocycles. The zero-order valence-electron chi connectivity index (χ0n) is 9.32. The van der Waals surface area contributed by atoms with Gasteiger partial charge in [0.1, 0.15) is 0 Å². The molecule has 2 rings (SSSR count). The molecule has 1 aromatic carbocycles. The molecule has 1 aromatic rings. The average molecular weight is 205 g/mol. The molecule has 1 radical (unpaired) electrons. The monoisotopic (exact) mass is 205 g/mol. The summed E-state index contributed by atoms with van der Waals surface area (Å²) in [4.78, 5) is 0. The molecule has 0 bridgehead atoms. The molecule has 1 aliphatic rings. The number of hydrogen-bond donors (Lipinski definition) is 0. The van der Waals surface area contributed by atoms with Crippen LogP contribution < -0.4 is 9.47 Å². The summed E-state index contributed by atoms with van der Waals surface area (Å²) in [6.45, 7) is 0. The Morgan fingerprint density at radius 3 is 2.53 bits per heavy atom. The molecule has 0 spiro atoms. The van der Waals surface area contributed by atoms with E-state index in [2.05, 4.69) is 18.6 Å². The number of hydrogen-bond acceptors (Lipinski definition) is 2. The fourth-order valence-corrected chi connectivity index (χ4v) is 1.64. The second-order valence-electron chi connectivity index (χ2n) is 3.97. The largest absolute Gasteiger partial charge is 0.493 e. The summed E-state index contributed by atoms with van der Waals surface area (Å²) >= 11 is 0. The van der Waals surface area contributed by atoms with Crippen LogP contribution in [-0.2, 0) is 6.42 Å². The smallest absolute Gasteiger partial charge is 0.160 e. The van der Waals surface area contributed by atoms with E-state index in [1.807, 2.05) is 6.07 Å². The van der Waals surface area contributed by atoms with Crippen LogP contribution in [0.2, 0.25) is 0 Å². The first-order chi connectivity index (χ1) is 7.33. The van der Waals surface area contributed by atoms with E-state index in [9.17, 15) is 0 Å². The molecule has 0 atom stereocenters. The van der Waals surface area contributed by atoms with Crippen molar-refractivity contribution in [3.05, 3.63) is 30.2 Å². The van der Waals surface area contributed by atoms with Gasteiger partial charge in [-0.25, -0.2) is 0 Å². The third-order valence-corrected chi connectivity index (χ3v) is 2.76. The van der Waals surface area contributed by atoms with E-state index in [-0.39, 0.29) is 0 Å². The second kappa shape index (κ2) is 4.56. The maximum Gasteiger partial charge on any atom is 0.160 e. The van der Waals surface area contributed by atoms with Gasteiger partial charge >= 0.3 is 0 Å². The molecular formula is C13H17O2. The maximum atomic E-state index is 5.26. The molecule has 0 N–H and O–H groups in total. The van der Waals surface area contributed by atoms with Crippen molar-refractivity contribution in [1.29, 1.82) is 0 Å². The molecule has 81 valence electrons. The highest BCUT2D eigenvalue weighted by atomic mass is 16.5. The van der Waals surface area contributed by atoms with Crippen molar-refractivity contribution < 1.29 is 9.47 Å². The van der Waals surface area contributed by atoms with Gasteiger partial charge in [-0.2, -0.15) is 0 Å². The first kappa shape index (κ1) is 10.3. The number of rotatable bonds is 5. The Morgan fingerprint density at radius 2 is 1.93 bits per heavy atom. The SMILES string of the molecule is COc1ccc(C[CH]C2CC2)cc1OC. The standard InChI is InChI=1S/C13H17O2/c1-14-12-8-7-11(9-13(12)15-2)6-5-10-3-4-10/h5,7-10H,3-4,6H2,1-2H3. The van der Waals surface area contributed by atoms with Crippen molar-refractivity contribution >= 4 is 0 Å². The highest BCUT2D eigenvalue weighted by Gasteiger charge is 2.20. The van der Waals surface area contributed by atoms with Crippen LogP contribution in [0.25, 0.3) is 0 Å². The fraction of sp³-hybridized carbons (Fsp3) is 0.462. The van der Waals surface area contributed by atoms with Gasteiger partial charge in [-0.3, -0.25) is 0 Å². The molecule has 2 nitrogen and oxygen atoms in total. The minimum atomic E-state index is 0.799. The lowest BCUT2D eigenvalue weighted by atomic mass is 10.1. The van der Waals surface area contributed by atoms with Gasteiger partial charge in [-0.1, -0.05) is 6.07 Å². The van der Waals surface area contributed by atoms with Crippen molar-refractivity contribution in [2.75, 3.05) is 14.2 Å².